The Morgan fingerprint density at radius 2 is 1.62 bits per heavy atom. The molecule has 1 rings (SSSR count). The third-order valence-electron chi connectivity index (χ3n) is 5.52. The van der Waals surface area contributed by atoms with Gasteiger partial charge in [0.2, 0.25) is 0 Å². The molecule has 0 bridgehead atoms. The lowest BCUT2D eigenvalue weighted by Crippen LogP contribution is -2.45. The molecule has 0 radical (unpaired) electrons. The molecule has 0 amide bonds. The predicted molar refractivity (Wildman–Crippen MR) is 123 cm³/mol. The van der Waals surface area contributed by atoms with Gasteiger partial charge in [-0.05, 0) is 49.1 Å². The number of ether oxygens (including phenoxy) is 1. The summed E-state index contributed by atoms with van der Waals surface area (Å²) in [4.78, 5) is 0. The summed E-state index contributed by atoms with van der Waals surface area (Å²) < 4.78 is 5.80. The van der Waals surface area contributed by atoms with Crippen molar-refractivity contribution in [1.82, 2.24) is 0 Å². The Morgan fingerprint density at radius 1 is 0.966 bits per heavy atom. The lowest BCUT2D eigenvalue weighted by molar-refractivity contribution is 0.165. The first kappa shape index (κ1) is 25.8. The van der Waals surface area contributed by atoms with Crippen LogP contribution in [0, 0.1) is 11.8 Å². The summed E-state index contributed by atoms with van der Waals surface area (Å²) in [7, 11) is 0. The SMILES string of the molecule is CC(C)CCCCCCCCOc1ccc(CCC(N)(CO)CC(C)C)c(O)c1. The van der Waals surface area contributed by atoms with Gasteiger partial charge in [-0.15, -0.1) is 0 Å². The highest BCUT2D eigenvalue weighted by atomic mass is 16.5. The Balaban J connectivity index is 2.29. The van der Waals surface area contributed by atoms with Crippen LogP contribution in [0.25, 0.3) is 0 Å². The fourth-order valence-electron chi connectivity index (χ4n) is 3.84. The third kappa shape index (κ3) is 11.5. The van der Waals surface area contributed by atoms with Crippen LogP contribution in [-0.2, 0) is 6.42 Å². The summed E-state index contributed by atoms with van der Waals surface area (Å²) in [5, 5.41) is 20.0. The Labute approximate surface area is 178 Å². The standard InChI is InChI=1S/C25H45NO3/c1-20(2)11-9-7-5-6-8-10-16-29-23-13-12-22(24(28)17-23)14-15-25(26,19-27)18-21(3)4/h12-13,17,20-21,27-28H,5-11,14-16,18-19,26H2,1-4H3. The maximum Gasteiger partial charge on any atom is 0.122 e. The van der Waals surface area contributed by atoms with Gasteiger partial charge in [0.1, 0.15) is 11.5 Å². The number of phenolic OH excluding ortho intramolecular Hbond substituents is 1. The molecule has 0 aliphatic heterocycles. The molecule has 29 heavy (non-hydrogen) atoms. The van der Waals surface area contributed by atoms with Crippen LogP contribution in [0.2, 0.25) is 0 Å². The molecule has 0 spiro atoms. The van der Waals surface area contributed by atoms with E-state index in [1.165, 1.54) is 38.5 Å². The lowest BCUT2D eigenvalue weighted by atomic mass is 9.85. The van der Waals surface area contributed by atoms with Gasteiger partial charge in [-0.1, -0.05) is 72.3 Å². The van der Waals surface area contributed by atoms with Gasteiger partial charge in [-0.3, -0.25) is 0 Å². The number of phenols is 1. The zero-order valence-electron chi connectivity index (χ0n) is 19.3. The van der Waals surface area contributed by atoms with E-state index in [9.17, 15) is 10.2 Å². The summed E-state index contributed by atoms with van der Waals surface area (Å²) in [6, 6.07) is 5.52. The molecule has 4 heteroatoms. The van der Waals surface area contributed by atoms with Crippen LogP contribution >= 0.6 is 0 Å². The summed E-state index contributed by atoms with van der Waals surface area (Å²) >= 11 is 0. The van der Waals surface area contributed by atoms with Crippen LogP contribution in [0.5, 0.6) is 11.5 Å². The van der Waals surface area contributed by atoms with Crippen molar-refractivity contribution in [2.24, 2.45) is 17.6 Å². The number of aliphatic hydroxyl groups excluding tert-OH is 1. The Kier molecular flexibility index (Phi) is 12.3. The van der Waals surface area contributed by atoms with E-state index in [0.29, 0.717) is 31.1 Å². The minimum absolute atomic E-state index is 0.0368. The highest BCUT2D eigenvalue weighted by Gasteiger charge is 2.25. The van der Waals surface area contributed by atoms with E-state index < -0.39 is 5.54 Å². The van der Waals surface area contributed by atoms with Crippen LogP contribution in [0.1, 0.15) is 91.0 Å². The molecule has 0 aliphatic rings. The quantitative estimate of drug-likeness (QED) is 0.302. The molecule has 1 unspecified atom stereocenters. The Morgan fingerprint density at radius 3 is 2.21 bits per heavy atom. The second-order valence-electron chi connectivity index (χ2n) is 9.56. The summed E-state index contributed by atoms with van der Waals surface area (Å²) in [6.45, 7) is 9.44. The first-order valence-corrected chi connectivity index (χ1v) is 11.6. The lowest BCUT2D eigenvalue weighted by Gasteiger charge is -2.29. The normalized spacial score (nSPS) is 13.8. The van der Waals surface area contributed by atoms with Crippen LogP contribution in [0.3, 0.4) is 0 Å². The summed E-state index contributed by atoms with van der Waals surface area (Å²) in [6.07, 6.45) is 10.9. The Hall–Kier alpha value is -1.26. The fourth-order valence-corrected chi connectivity index (χ4v) is 3.84. The van der Waals surface area contributed by atoms with E-state index in [4.69, 9.17) is 10.5 Å². The van der Waals surface area contributed by atoms with Crippen molar-refractivity contribution in [1.29, 1.82) is 0 Å². The Bertz CT molecular complexity index is 559. The van der Waals surface area contributed by atoms with Crippen LogP contribution in [0.4, 0.5) is 0 Å². The molecule has 0 saturated carbocycles. The monoisotopic (exact) mass is 407 g/mol. The minimum atomic E-state index is -0.593. The molecular formula is C25H45NO3. The van der Waals surface area contributed by atoms with E-state index in [1.807, 2.05) is 12.1 Å². The number of aromatic hydroxyl groups is 1. The van der Waals surface area contributed by atoms with Crippen molar-refractivity contribution >= 4 is 0 Å². The molecule has 4 N–H and O–H groups in total. The number of benzene rings is 1. The molecule has 1 aromatic rings. The number of hydrogen-bond donors (Lipinski definition) is 3. The number of aryl methyl sites for hydroxylation is 1. The largest absolute Gasteiger partial charge is 0.508 e. The highest BCUT2D eigenvalue weighted by molar-refractivity contribution is 5.39. The smallest absolute Gasteiger partial charge is 0.122 e. The second-order valence-corrected chi connectivity index (χ2v) is 9.56. The van der Waals surface area contributed by atoms with Crippen LogP contribution < -0.4 is 10.5 Å². The van der Waals surface area contributed by atoms with Gasteiger partial charge in [-0.2, -0.15) is 0 Å². The number of rotatable bonds is 16. The van der Waals surface area contributed by atoms with Crippen molar-refractivity contribution in [2.45, 2.75) is 97.4 Å². The second kappa shape index (κ2) is 13.9. The van der Waals surface area contributed by atoms with Crippen LogP contribution in [0.15, 0.2) is 18.2 Å². The fraction of sp³-hybridized carbons (Fsp3) is 0.760. The summed E-state index contributed by atoms with van der Waals surface area (Å²) in [5.41, 5.74) is 6.58. The zero-order valence-corrected chi connectivity index (χ0v) is 19.3. The topological polar surface area (TPSA) is 75.7 Å². The van der Waals surface area contributed by atoms with Gasteiger partial charge < -0.3 is 20.7 Å². The van der Waals surface area contributed by atoms with Gasteiger partial charge >= 0.3 is 0 Å². The molecular weight excluding hydrogens is 362 g/mol. The van der Waals surface area contributed by atoms with Crippen molar-refractivity contribution in [3.05, 3.63) is 23.8 Å². The highest BCUT2D eigenvalue weighted by Crippen LogP contribution is 2.27. The van der Waals surface area contributed by atoms with Crippen molar-refractivity contribution in [2.75, 3.05) is 13.2 Å². The molecule has 0 aliphatic carbocycles. The van der Waals surface area contributed by atoms with E-state index >= 15 is 0 Å². The van der Waals surface area contributed by atoms with Gasteiger partial charge in [-0.25, -0.2) is 0 Å². The first-order chi connectivity index (χ1) is 13.8. The molecule has 1 aromatic carbocycles. The molecule has 0 heterocycles. The van der Waals surface area contributed by atoms with E-state index in [0.717, 1.165) is 24.3 Å². The maximum atomic E-state index is 10.3. The summed E-state index contributed by atoms with van der Waals surface area (Å²) in [5.74, 6) is 2.21. The first-order valence-electron chi connectivity index (χ1n) is 11.6. The van der Waals surface area contributed by atoms with Crippen LogP contribution in [-0.4, -0.2) is 29.0 Å². The third-order valence-corrected chi connectivity index (χ3v) is 5.52. The van der Waals surface area contributed by atoms with E-state index in [-0.39, 0.29) is 12.4 Å². The average Bonchev–Trinajstić information content (AvgIpc) is 2.65. The maximum absolute atomic E-state index is 10.3. The van der Waals surface area contributed by atoms with Gasteiger partial charge in [0.15, 0.2) is 0 Å². The molecule has 0 aromatic heterocycles. The molecule has 0 fully saturated rings. The van der Waals surface area contributed by atoms with Gasteiger partial charge in [0.25, 0.3) is 0 Å². The minimum Gasteiger partial charge on any atom is -0.508 e. The molecule has 4 nitrogen and oxygen atoms in total. The van der Waals surface area contributed by atoms with Gasteiger partial charge in [0.05, 0.1) is 13.2 Å². The molecule has 168 valence electrons. The van der Waals surface area contributed by atoms with Crippen molar-refractivity contribution < 1.29 is 14.9 Å². The molecule has 0 saturated heterocycles. The van der Waals surface area contributed by atoms with E-state index in [1.54, 1.807) is 6.07 Å². The van der Waals surface area contributed by atoms with E-state index in [2.05, 4.69) is 27.7 Å². The zero-order chi connectivity index (χ0) is 21.7. The van der Waals surface area contributed by atoms with Gasteiger partial charge in [0, 0.05) is 11.6 Å². The number of aliphatic hydroxyl groups is 1. The number of nitrogens with two attached hydrogens (primary N) is 1. The number of unbranched alkanes of at least 4 members (excludes halogenated alkanes) is 5. The van der Waals surface area contributed by atoms with Crippen molar-refractivity contribution in [3.8, 4) is 11.5 Å². The predicted octanol–water partition coefficient (Wildman–Crippen LogP) is 5.83. The average molecular weight is 408 g/mol. The molecule has 1 atom stereocenters. The van der Waals surface area contributed by atoms with Crippen molar-refractivity contribution in [3.63, 3.8) is 0 Å². The number of hydrogen-bond acceptors (Lipinski definition) is 4.